The highest BCUT2D eigenvalue weighted by Crippen LogP contribution is 2.30. The number of ether oxygens (including phenoxy) is 1. The molecule has 0 aliphatic carbocycles. The Morgan fingerprint density at radius 1 is 1.18 bits per heavy atom. The molecule has 0 radical (unpaired) electrons. The minimum atomic E-state index is -0.477. The third-order valence-electron chi connectivity index (χ3n) is 6.35. The zero-order valence-corrected chi connectivity index (χ0v) is 20.6. The van der Waals surface area contributed by atoms with Crippen molar-refractivity contribution in [3.05, 3.63) is 78.0 Å². The number of carbonyl (C=O) groups is 1. The molecular weight excluding hydrogens is 486 g/mol. The Morgan fingerprint density at radius 3 is 2.92 bits per heavy atom. The van der Waals surface area contributed by atoms with E-state index in [1.165, 1.54) is 12.5 Å². The van der Waals surface area contributed by atoms with Gasteiger partial charge in [-0.3, -0.25) is 9.78 Å². The lowest BCUT2D eigenvalue weighted by Gasteiger charge is -2.25. The molecule has 38 heavy (non-hydrogen) atoms. The first-order valence-corrected chi connectivity index (χ1v) is 12.1. The Morgan fingerprint density at radius 2 is 2.11 bits per heavy atom. The van der Waals surface area contributed by atoms with Crippen molar-refractivity contribution in [1.29, 1.82) is 0 Å². The molecule has 6 rings (SSSR count). The quantitative estimate of drug-likeness (QED) is 0.309. The second-order valence-corrected chi connectivity index (χ2v) is 8.82. The van der Waals surface area contributed by atoms with Gasteiger partial charge in [-0.05, 0) is 25.1 Å². The van der Waals surface area contributed by atoms with Crippen LogP contribution in [0.15, 0.2) is 59.7 Å². The molecule has 1 saturated heterocycles. The van der Waals surface area contributed by atoms with Crippen molar-refractivity contribution in [2.75, 3.05) is 25.4 Å². The summed E-state index contributed by atoms with van der Waals surface area (Å²) in [7, 11) is 0. The first kappa shape index (κ1) is 23.7. The molecule has 12 nitrogen and oxygen atoms in total. The Balaban J connectivity index is 1.34. The van der Waals surface area contributed by atoms with Crippen LogP contribution in [-0.2, 0) is 11.3 Å². The number of rotatable bonds is 6. The summed E-state index contributed by atoms with van der Waals surface area (Å²) in [5.41, 5.74) is 11.0. The number of nitrogen functional groups attached to an aromatic ring is 1. The predicted octanol–water partition coefficient (Wildman–Crippen LogP) is 2.32. The summed E-state index contributed by atoms with van der Waals surface area (Å²) < 4.78 is 13.3. The summed E-state index contributed by atoms with van der Waals surface area (Å²) in [6.45, 7) is 4.22. The molecule has 5 aromatic heterocycles. The maximum absolute atomic E-state index is 13.3. The minimum absolute atomic E-state index is 0.00850. The topological polar surface area (TPSA) is 158 Å². The number of morpholine rings is 1. The second-order valence-electron chi connectivity index (χ2n) is 8.82. The third-order valence-corrected chi connectivity index (χ3v) is 6.35. The number of fused-ring (bicyclic) bond motifs is 1. The van der Waals surface area contributed by atoms with E-state index >= 15 is 0 Å². The standard InChI is InChI=1S/C26H25N9O3/c1-15-11-31-20-5-4-16(14-35(15)20)21-22(26-30-8-10-38-26)34-24(27)23(33-21)25(36)32-12-18-17(3-2-6-29-18)19-13-28-7-9-37-19/h2-6,8,10-11,14,19,28H,7,9,12-13H2,1H3,(H2,27,34)(H,32,36). The van der Waals surface area contributed by atoms with Crippen molar-refractivity contribution < 1.29 is 13.9 Å². The van der Waals surface area contributed by atoms with Crippen LogP contribution < -0.4 is 16.4 Å². The van der Waals surface area contributed by atoms with E-state index in [0.717, 1.165) is 23.4 Å². The van der Waals surface area contributed by atoms with Crippen molar-refractivity contribution in [2.45, 2.75) is 19.6 Å². The molecule has 5 aromatic rings. The van der Waals surface area contributed by atoms with Gasteiger partial charge in [0.05, 0.1) is 31.1 Å². The Bertz CT molecular complexity index is 1610. The van der Waals surface area contributed by atoms with Crippen molar-refractivity contribution in [3.8, 4) is 22.8 Å². The van der Waals surface area contributed by atoms with Crippen LogP contribution in [0.4, 0.5) is 5.82 Å². The summed E-state index contributed by atoms with van der Waals surface area (Å²) in [6, 6.07) is 7.53. The molecule has 1 fully saturated rings. The number of imidazole rings is 1. The van der Waals surface area contributed by atoms with Crippen molar-refractivity contribution in [1.82, 2.24) is 40.0 Å². The molecule has 1 amide bonds. The zero-order chi connectivity index (χ0) is 26.1. The van der Waals surface area contributed by atoms with Gasteiger partial charge in [0.2, 0.25) is 5.89 Å². The fraction of sp³-hybridized carbons (Fsp3) is 0.231. The van der Waals surface area contributed by atoms with E-state index in [0.29, 0.717) is 35.8 Å². The van der Waals surface area contributed by atoms with E-state index in [1.807, 2.05) is 41.8 Å². The number of nitrogens with one attached hydrogen (secondary N) is 2. The number of anilines is 1. The van der Waals surface area contributed by atoms with E-state index in [1.54, 1.807) is 12.4 Å². The van der Waals surface area contributed by atoms with Gasteiger partial charge in [-0.1, -0.05) is 6.07 Å². The number of carbonyl (C=O) groups excluding carboxylic acids is 1. The highest BCUT2D eigenvalue weighted by atomic mass is 16.5. The van der Waals surface area contributed by atoms with Crippen molar-refractivity contribution in [3.63, 3.8) is 0 Å². The fourth-order valence-electron chi connectivity index (χ4n) is 4.45. The molecule has 6 heterocycles. The number of aromatic nitrogens is 6. The number of nitrogens with zero attached hydrogens (tertiary/aromatic N) is 6. The van der Waals surface area contributed by atoms with Crippen LogP contribution in [0.2, 0.25) is 0 Å². The van der Waals surface area contributed by atoms with Crippen molar-refractivity contribution >= 4 is 17.4 Å². The lowest BCUT2D eigenvalue weighted by atomic mass is 10.1. The second kappa shape index (κ2) is 10.00. The molecular formula is C26H25N9O3. The maximum Gasteiger partial charge on any atom is 0.274 e. The van der Waals surface area contributed by atoms with Gasteiger partial charge in [0, 0.05) is 48.5 Å². The molecule has 192 valence electrons. The van der Waals surface area contributed by atoms with Crippen LogP contribution in [0.3, 0.4) is 0 Å². The van der Waals surface area contributed by atoms with Gasteiger partial charge in [0.25, 0.3) is 5.91 Å². The number of nitrogens with two attached hydrogens (primary N) is 1. The highest BCUT2D eigenvalue weighted by Gasteiger charge is 2.24. The SMILES string of the molecule is Cc1cnc2ccc(-c3nc(C(=O)NCc4ncccc4C4CNCCO4)c(N)nc3-c3ncco3)cn12. The summed E-state index contributed by atoms with van der Waals surface area (Å²) in [6.07, 6.45) is 8.16. The summed E-state index contributed by atoms with van der Waals surface area (Å²) in [5.74, 6) is -0.275. The summed E-state index contributed by atoms with van der Waals surface area (Å²) in [5, 5.41) is 6.21. The van der Waals surface area contributed by atoms with Gasteiger partial charge in [0.1, 0.15) is 17.6 Å². The van der Waals surface area contributed by atoms with Gasteiger partial charge in [-0.15, -0.1) is 0 Å². The minimum Gasteiger partial charge on any atom is -0.443 e. The van der Waals surface area contributed by atoms with Crippen LogP contribution >= 0.6 is 0 Å². The molecule has 12 heteroatoms. The summed E-state index contributed by atoms with van der Waals surface area (Å²) >= 11 is 0. The van der Waals surface area contributed by atoms with Gasteiger partial charge in [0.15, 0.2) is 17.2 Å². The van der Waals surface area contributed by atoms with Gasteiger partial charge >= 0.3 is 0 Å². The number of amides is 1. The zero-order valence-electron chi connectivity index (χ0n) is 20.6. The predicted molar refractivity (Wildman–Crippen MR) is 138 cm³/mol. The third kappa shape index (κ3) is 4.46. The molecule has 0 bridgehead atoms. The lowest BCUT2D eigenvalue weighted by molar-refractivity contribution is 0.0268. The number of hydrogen-bond acceptors (Lipinski definition) is 10. The molecule has 1 atom stereocenters. The number of oxazole rings is 1. The van der Waals surface area contributed by atoms with Crippen LogP contribution in [0.25, 0.3) is 28.5 Å². The molecule has 0 spiro atoms. The van der Waals surface area contributed by atoms with E-state index in [2.05, 4.69) is 35.6 Å². The molecule has 0 saturated carbocycles. The smallest absolute Gasteiger partial charge is 0.274 e. The average molecular weight is 512 g/mol. The van der Waals surface area contributed by atoms with Crippen LogP contribution in [-0.4, -0.2) is 54.9 Å². The van der Waals surface area contributed by atoms with Gasteiger partial charge in [-0.25, -0.2) is 19.9 Å². The van der Waals surface area contributed by atoms with Crippen LogP contribution in [0.5, 0.6) is 0 Å². The molecule has 4 N–H and O–H groups in total. The monoisotopic (exact) mass is 511 g/mol. The number of aryl methyl sites for hydroxylation is 1. The maximum atomic E-state index is 13.3. The first-order valence-electron chi connectivity index (χ1n) is 12.1. The molecule has 1 aliphatic heterocycles. The average Bonchev–Trinajstić information content (AvgIpc) is 3.62. The van der Waals surface area contributed by atoms with E-state index < -0.39 is 5.91 Å². The number of hydrogen-bond donors (Lipinski definition) is 3. The van der Waals surface area contributed by atoms with Gasteiger partial charge < -0.3 is 29.9 Å². The highest BCUT2D eigenvalue weighted by molar-refractivity contribution is 5.97. The van der Waals surface area contributed by atoms with Gasteiger partial charge in [-0.2, -0.15) is 0 Å². The molecule has 1 aliphatic rings. The molecule has 0 aromatic carbocycles. The number of pyridine rings is 2. The van der Waals surface area contributed by atoms with Crippen molar-refractivity contribution in [2.24, 2.45) is 0 Å². The normalized spacial score (nSPS) is 15.6. The Labute approximate surface area is 217 Å². The Kier molecular flexibility index (Phi) is 6.23. The summed E-state index contributed by atoms with van der Waals surface area (Å²) in [4.78, 5) is 35.5. The van der Waals surface area contributed by atoms with E-state index in [9.17, 15) is 4.79 Å². The first-order chi connectivity index (χ1) is 18.6. The largest absolute Gasteiger partial charge is 0.443 e. The van der Waals surface area contributed by atoms with Crippen LogP contribution in [0.1, 0.15) is 33.5 Å². The van der Waals surface area contributed by atoms with E-state index in [-0.39, 0.29) is 30.1 Å². The van der Waals surface area contributed by atoms with E-state index in [4.69, 9.17) is 14.9 Å². The lowest BCUT2D eigenvalue weighted by Crippen LogP contribution is -2.34. The fourth-order valence-corrected chi connectivity index (χ4v) is 4.45. The Hall–Kier alpha value is -4.68. The van der Waals surface area contributed by atoms with Crippen LogP contribution in [0, 0.1) is 6.92 Å². The molecule has 1 unspecified atom stereocenters.